The van der Waals surface area contributed by atoms with Gasteiger partial charge in [0.15, 0.2) is 5.66 Å². The Kier molecular flexibility index (Phi) is 11.7. The van der Waals surface area contributed by atoms with Crippen LogP contribution in [0.5, 0.6) is 0 Å². The highest BCUT2D eigenvalue weighted by molar-refractivity contribution is 7.53. The molecule has 0 spiro atoms. The van der Waals surface area contributed by atoms with Gasteiger partial charge in [-0.25, -0.2) is 0 Å². The van der Waals surface area contributed by atoms with Crippen molar-refractivity contribution in [2.24, 2.45) is 5.41 Å². The van der Waals surface area contributed by atoms with E-state index in [0.29, 0.717) is 12.8 Å². The van der Waals surface area contributed by atoms with E-state index < -0.39 is 19.2 Å². The first-order valence-corrected chi connectivity index (χ1v) is 10.5. The number of hydrogen-bond donors (Lipinski definition) is 3. The fraction of sp³-hybridized carbons (Fsp3) is 0.632. The van der Waals surface area contributed by atoms with E-state index >= 15 is 0 Å². The molecule has 0 aromatic heterocycles. The third-order valence-corrected chi connectivity index (χ3v) is 4.78. The lowest BCUT2D eigenvalue weighted by Gasteiger charge is -2.12. The Hall–Kier alpha value is -1.16. The summed E-state index contributed by atoms with van der Waals surface area (Å²) in [5.41, 5.74) is -1.35. The summed E-state index contributed by atoms with van der Waals surface area (Å²) in [6.45, 7) is 6.54. The molecule has 1 atom stereocenters. The highest BCUT2D eigenvalue weighted by atomic mass is 31.2. The molecule has 0 bridgehead atoms. The Balaban J connectivity index is 3.77. The minimum absolute atomic E-state index is 0.00800. The first-order chi connectivity index (χ1) is 11.5. The first-order valence-electron chi connectivity index (χ1n) is 8.80. The summed E-state index contributed by atoms with van der Waals surface area (Å²) >= 11 is 0. The summed E-state index contributed by atoms with van der Waals surface area (Å²) in [7, 11) is -4.56. The standard InChI is InChI=1S/C19H33O5P/c1-19(2,3)16-14-12-10-8-6-4-5-7-9-11-13-15-17(18(20)21)25(22,23)24/h6-9,14,16-17H,4-5,10-13,15H2,1-3H3,(H,20,21)(H2,22,23,24). The fourth-order valence-electron chi connectivity index (χ4n) is 2.16. The molecule has 0 saturated heterocycles. The molecule has 0 radical (unpaired) electrons. The van der Waals surface area contributed by atoms with Crippen molar-refractivity contribution in [1.82, 2.24) is 0 Å². The van der Waals surface area contributed by atoms with Crippen molar-refractivity contribution in [2.75, 3.05) is 0 Å². The Bertz CT molecular complexity index is 508. The van der Waals surface area contributed by atoms with Crippen LogP contribution in [0.3, 0.4) is 0 Å². The Labute approximate surface area is 151 Å². The largest absolute Gasteiger partial charge is 0.481 e. The maximum Gasteiger partial charge on any atom is 0.339 e. The number of unbranched alkanes of at least 4 members (excludes halogenated alkanes) is 3. The van der Waals surface area contributed by atoms with Gasteiger partial charge in [-0.15, -0.1) is 0 Å². The third-order valence-electron chi connectivity index (χ3n) is 3.49. The molecule has 0 saturated carbocycles. The molecule has 25 heavy (non-hydrogen) atoms. The van der Waals surface area contributed by atoms with Crippen LogP contribution in [0.15, 0.2) is 36.5 Å². The summed E-state index contributed by atoms with van der Waals surface area (Å²) < 4.78 is 11.0. The molecular weight excluding hydrogens is 339 g/mol. The van der Waals surface area contributed by atoms with Crippen molar-refractivity contribution >= 4 is 13.6 Å². The van der Waals surface area contributed by atoms with Crippen LogP contribution in [-0.2, 0) is 9.36 Å². The molecule has 0 aromatic carbocycles. The zero-order chi connectivity index (χ0) is 19.3. The zero-order valence-electron chi connectivity index (χ0n) is 15.6. The quantitative estimate of drug-likeness (QED) is 0.253. The molecule has 3 N–H and O–H groups in total. The second-order valence-electron chi connectivity index (χ2n) is 7.24. The SMILES string of the molecule is CC(C)(C)C=CCCC=CCCC=CCCCC(C(=O)O)P(=O)(O)O. The van der Waals surface area contributed by atoms with Crippen molar-refractivity contribution in [2.45, 2.75) is 71.4 Å². The smallest absolute Gasteiger partial charge is 0.339 e. The van der Waals surface area contributed by atoms with Crippen molar-refractivity contribution in [3.8, 4) is 0 Å². The van der Waals surface area contributed by atoms with Gasteiger partial charge in [-0.1, -0.05) is 57.2 Å². The molecule has 6 heteroatoms. The van der Waals surface area contributed by atoms with Gasteiger partial charge in [0.05, 0.1) is 0 Å². The molecule has 0 aliphatic heterocycles. The number of carbonyl (C=O) groups is 1. The van der Waals surface area contributed by atoms with Crippen LogP contribution in [0.25, 0.3) is 0 Å². The lowest BCUT2D eigenvalue weighted by molar-refractivity contribution is -0.137. The van der Waals surface area contributed by atoms with Gasteiger partial charge in [-0.3, -0.25) is 9.36 Å². The van der Waals surface area contributed by atoms with Gasteiger partial charge in [-0.2, -0.15) is 0 Å². The van der Waals surface area contributed by atoms with E-state index in [1.807, 2.05) is 12.2 Å². The maximum atomic E-state index is 11.0. The lowest BCUT2D eigenvalue weighted by Crippen LogP contribution is -2.20. The Morgan fingerprint density at radius 1 is 0.920 bits per heavy atom. The van der Waals surface area contributed by atoms with Crippen molar-refractivity contribution in [3.05, 3.63) is 36.5 Å². The van der Waals surface area contributed by atoms with Gasteiger partial charge >= 0.3 is 13.6 Å². The molecule has 0 amide bonds. The van der Waals surface area contributed by atoms with Crippen LogP contribution >= 0.6 is 7.60 Å². The number of carboxylic acids is 1. The van der Waals surface area contributed by atoms with Crippen molar-refractivity contribution in [3.63, 3.8) is 0 Å². The third kappa shape index (κ3) is 14.9. The zero-order valence-corrected chi connectivity index (χ0v) is 16.5. The van der Waals surface area contributed by atoms with Crippen LogP contribution in [0.1, 0.15) is 65.7 Å². The van der Waals surface area contributed by atoms with E-state index in [0.717, 1.165) is 25.7 Å². The van der Waals surface area contributed by atoms with Crippen molar-refractivity contribution in [1.29, 1.82) is 0 Å². The molecular formula is C19H33O5P. The minimum atomic E-state index is -4.56. The van der Waals surface area contributed by atoms with Crippen LogP contribution < -0.4 is 0 Å². The summed E-state index contributed by atoms with van der Waals surface area (Å²) in [5, 5.41) is 8.80. The predicted molar refractivity (Wildman–Crippen MR) is 103 cm³/mol. The second kappa shape index (κ2) is 12.2. The van der Waals surface area contributed by atoms with Crippen LogP contribution in [0.2, 0.25) is 0 Å². The average molecular weight is 372 g/mol. The fourth-order valence-corrected chi connectivity index (χ4v) is 2.96. The number of rotatable bonds is 12. The maximum absolute atomic E-state index is 11.0. The molecule has 5 nitrogen and oxygen atoms in total. The average Bonchev–Trinajstić information content (AvgIpc) is 2.44. The second-order valence-corrected chi connectivity index (χ2v) is 9.04. The Morgan fingerprint density at radius 3 is 1.76 bits per heavy atom. The molecule has 144 valence electrons. The normalized spacial score (nSPS) is 14.8. The van der Waals surface area contributed by atoms with E-state index in [1.165, 1.54) is 0 Å². The van der Waals surface area contributed by atoms with Gasteiger partial charge in [0.1, 0.15) is 0 Å². The predicted octanol–water partition coefficient (Wildman–Crippen LogP) is 5.06. The van der Waals surface area contributed by atoms with Crippen LogP contribution in [0.4, 0.5) is 0 Å². The molecule has 0 fully saturated rings. The lowest BCUT2D eigenvalue weighted by atomic mass is 9.96. The molecule has 0 aliphatic carbocycles. The van der Waals surface area contributed by atoms with Gasteiger partial charge in [0, 0.05) is 0 Å². The molecule has 0 aliphatic rings. The molecule has 0 rings (SSSR count). The highest BCUT2D eigenvalue weighted by Gasteiger charge is 2.34. The van der Waals surface area contributed by atoms with Gasteiger partial charge in [0.25, 0.3) is 0 Å². The Morgan fingerprint density at radius 2 is 1.36 bits per heavy atom. The first kappa shape index (κ1) is 23.8. The van der Waals surface area contributed by atoms with E-state index in [9.17, 15) is 9.36 Å². The highest BCUT2D eigenvalue weighted by Crippen LogP contribution is 2.43. The number of carboxylic acid groups (broad SMARTS) is 1. The number of aliphatic carboxylic acids is 1. The van der Waals surface area contributed by atoms with E-state index in [-0.39, 0.29) is 11.8 Å². The minimum Gasteiger partial charge on any atom is -0.481 e. The monoisotopic (exact) mass is 372 g/mol. The van der Waals surface area contributed by atoms with Crippen LogP contribution in [-0.4, -0.2) is 26.5 Å². The topological polar surface area (TPSA) is 94.8 Å². The van der Waals surface area contributed by atoms with Gasteiger partial charge in [-0.05, 0) is 50.4 Å². The summed E-state index contributed by atoms with van der Waals surface area (Å²) in [5.74, 6) is -1.43. The van der Waals surface area contributed by atoms with E-state index in [2.05, 4.69) is 45.1 Å². The molecule has 0 aromatic rings. The van der Waals surface area contributed by atoms with Gasteiger partial charge < -0.3 is 14.9 Å². The van der Waals surface area contributed by atoms with Crippen LogP contribution in [0, 0.1) is 5.41 Å². The molecule has 0 heterocycles. The van der Waals surface area contributed by atoms with Crippen molar-refractivity contribution < 1.29 is 24.3 Å². The number of allylic oxidation sites excluding steroid dienone is 6. The molecule has 1 unspecified atom stereocenters. The summed E-state index contributed by atoms with van der Waals surface area (Å²) in [4.78, 5) is 28.7. The van der Waals surface area contributed by atoms with Gasteiger partial charge in [0.2, 0.25) is 0 Å². The summed E-state index contributed by atoms with van der Waals surface area (Å²) in [6.07, 6.45) is 17.8. The van der Waals surface area contributed by atoms with E-state index in [4.69, 9.17) is 14.9 Å². The summed E-state index contributed by atoms with van der Waals surface area (Å²) in [6, 6.07) is 0. The number of hydrogen-bond acceptors (Lipinski definition) is 2. The van der Waals surface area contributed by atoms with E-state index in [1.54, 1.807) is 0 Å².